The Balaban J connectivity index is 1.09. The van der Waals surface area contributed by atoms with Crippen molar-refractivity contribution in [3.63, 3.8) is 0 Å². The summed E-state index contributed by atoms with van der Waals surface area (Å²) in [5, 5.41) is 3.03. The first-order valence-electron chi connectivity index (χ1n) is 13.3. The molecule has 3 aromatic carbocycles. The molecule has 9 heteroatoms. The molecule has 0 aromatic heterocycles. The van der Waals surface area contributed by atoms with Gasteiger partial charge in [-0.3, -0.25) is 4.79 Å². The van der Waals surface area contributed by atoms with E-state index in [4.69, 9.17) is 4.74 Å². The number of nitrogens with one attached hydrogen (secondary N) is 1. The largest absolute Gasteiger partial charge is 0.487 e. The molecule has 0 atom stereocenters. The molecule has 2 saturated heterocycles. The van der Waals surface area contributed by atoms with Crippen molar-refractivity contribution in [3.8, 4) is 5.75 Å². The molecule has 5 rings (SSSR count). The second kappa shape index (κ2) is 11.6. The number of nitrogens with zero attached hydrogens (tertiary/aromatic N) is 2. The highest BCUT2D eigenvalue weighted by Crippen LogP contribution is 2.32. The van der Waals surface area contributed by atoms with Crippen LogP contribution < -0.4 is 19.9 Å². The van der Waals surface area contributed by atoms with E-state index < -0.39 is 17.6 Å². The highest BCUT2D eigenvalue weighted by Gasteiger charge is 2.30. The molecule has 39 heavy (non-hydrogen) atoms. The van der Waals surface area contributed by atoms with Gasteiger partial charge in [0.15, 0.2) is 11.6 Å². The van der Waals surface area contributed by atoms with Gasteiger partial charge in [-0.15, -0.1) is 0 Å². The summed E-state index contributed by atoms with van der Waals surface area (Å²) in [5.74, 6) is -0.800. The van der Waals surface area contributed by atoms with Crippen LogP contribution in [0, 0.1) is 5.82 Å². The molecule has 0 saturated carbocycles. The number of carbonyl (C=O) groups excluding carboxylic acids is 1. The van der Waals surface area contributed by atoms with Gasteiger partial charge < -0.3 is 19.9 Å². The van der Waals surface area contributed by atoms with E-state index in [9.17, 15) is 22.4 Å². The van der Waals surface area contributed by atoms with E-state index in [0.717, 1.165) is 38.1 Å². The van der Waals surface area contributed by atoms with Gasteiger partial charge in [-0.2, -0.15) is 13.2 Å². The van der Waals surface area contributed by atoms with Crippen molar-refractivity contribution in [2.24, 2.45) is 0 Å². The van der Waals surface area contributed by atoms with Gasteiger partial charge in [-0.1, -0.05) is 18.2 Å². The first-order chi connectivity index (χ1) is 18.8. The van der Waals surface area contributed by atoms with Crippen molar-refractivity contribution in [1.29, 1.82) is 0 Å². The Bertz CT molecular complexity index is 1250. The first kappa shape index (κ1) is 26.8. The fourth-order valence-electron chi connectivity index (χ4n) is 5.20. The smallest absolute Gasteiger partial charge is 0.416 e. The zero-order valence-electron chi connectivity index (χ0n) is 21.5. The second-order valence-corrected chi connectivity index (χ2v) is 10.1. The average Bonchev–Trinajstić information content (AvgIpc) is 2.95. The normalized spacial score (nSPS) is 17.2. The number of hydrogen-bond donors (Lipinski definition) is 1. The minimum Gasteiger partial charge on any atom is -0.487 e. The molecule has 0 bridgehead atoms. The Morgan fingerprint density at radius 1 is 0.795 bits per heavy atom. The lowest BCUT2D eigenvalue weighted by Gasteiger charge is -2.34. The second-order valence-electron chi connectivity index (χ2n) is 10.1. The van der Waals surface area contributed by atoms with Crippen LogP contribution in [0.1, 0.15) is 41.6 Å². The van der Waals surface area contributed by atoms with Gasteiger partial charge in [0, 0.05) is 62.0 Å². The maximum Gasteiger partial charge on any atom is 0.416 e. The van der Waals surface area contributed by atoms with Crippen LogP contribution in [0.15, 0.2) is 72.8 Å². The molecule has 1 amide bonds. The van der Waals surface area contributed by atoms with Gasteiger partial charge in [0.2, 0.25) is 0 Å². The molecule has 5 nitrogen and oxygen atoms in total. The van der Waals surface area contributed by atoms with Crippen molar-refractivity contribution < 1.29 is 27.1 Å². The highest BCUT2D eigenvalue weighted by molar-refractivity contribution is 5.94. The van der Waals surface area contributed by atoms with Crippen LogP contribution in [0.25, 0.3) is 0 Å². The third-order valence-corrected chi connectivity index (χ3v) is 7.44. The van der Waals surface area contributed by atoms with Gasteiger partial charge in [0.25, 0.3) is 5.91 Å². The number of amides is 1. The number of halogens is 4. The molecule has 0 aliphatic carbocycles. The minimum absolute atomic E-state index is 0.0336. The van der Waals surface area contributed by atoms with Crippen molar-refractivity contribution in [1.82, 2.24) is 5.32 Å². The van der Waals surface area contributed by atoms with Gasteiger partial charge in [-0.25, -0.2) is 4.39 Å². The summed E-state index contributed by atoms with van der Waals surface area (Å²) in [5.41, 5.74) is 1.46. The van der Waals surface area contributed by atoms with Gasteiger partial charge in [0.1, 0.15) is 6.10 Å². The zero-order chi connectivity index (χ0) is 27.4. The number of carbonyl (C=O) groups is 1. The molecule has 2 fully saturated rings. The van der Waals surface area contributed by atoms with E-state index in [1.807, 2.05) is 23.1 Å². The summed E-state index contributed by atoms with van der Waals surface area (Å²) < 4.78 is 59.2. The molecule has 2 heterocycles. The quantitative estimate of drug-likeness (QED) is 0.373. The summed E-state index contributed by atoms with van der Waals surface area (Å²) >= 11 is 0. The van der Waals surface area contributed by atoms with Crippen molar-refractivity contribution in [2.75, 3.05) is 36.0 Å². The third-order valence-electron chi connectivity index (χ3n) is 7.44. The lowest BCUT2D eigenvalue weighted by atomic mass is 10.0. The zero-order valence-corrected chi connectivity index (χ0v) is 21.5. The van der Waals surface area contributed by atoms with Crippen molar-refractivity contribution in [3.05, 3.63) is 89.7 Å². The fourth-order valence-corrected chi connectivity index (χ4v) is 5.20. The van der Waals surface area contributed by atoms with E-state index in [0.29, 0.717) is 31.6 Å². The van der Waals surface area contributed by atoms with Crippen LogP contribution >= 0.6 is 0 Å². The summed E-state index contributed by atoms with van der Waals surface area (Å²) in [4.78, 5) is 17.1. The highest BCUT2D eigenvalue weighted by atomic mass is 19.4. The Kier molecular flexibility index (Phi) is 7.95. The molecule has 2 aliphatic heterocycles. The minimum atomic E-state index is -4.36. The molecule has 0 unspecified atom stereocenters. The molecule has 3 aromatic rings. The maximum atomic E-state index is 14.8. The number of anilines is 2. The number of ether oxygens (including phenoxy) is 1. The number of benzene rings is 3. The topological polar surface area (TPSA) is 44.8 Å². The summed E-state index contributed by atoms with van der Waals surface area (Å²) in [6.45, 7) is 2.85. The summed E-state index contributed by atoms with van der Waals surface area (Å²) in [6, 6.07) is 19.6. The van der Waals surface area contributed by atoms with Gasteiger partial charge in [-0.05, 0) is 67.4 Å². The van der Waals surface area contributed by atoms with E-state index >= 15 is 0 Å². The third kappa shape index (κ3) is 6.64. The van der Waals surface area contributed by atoms with Crippen LogP contribution in [0.2, 0.25) is 0 Å². The van der Waals surface area contributed by atoms with Crippen LogP contribution in [0.3, 0.4) is 0 Å². The maximum absolute atomic E-state index is 14.8. The number of rotatable bonds is 6. The average molecular weight is 542 g/mol. The molecule has 1 N–H and O–H groups in total. The van der Waals surface area contributed by atoms with Gasteiger partial charge >= 0.3 is 6.18 Å². The monoisotopic (exact) mass is 541 g/mol. The number of hydrogen-bond acceptors (Lipinski definition) is 4. The lowest BCUT2D eigenvalue weighted by molar-refractivity contribution is -0.137. The van der Waals surface area contributed by atoms with Crippen LogP contribution in [0.5, 0.6) is 5.75 Å². The van der Waals surface area contributed by atoms with Crippen LogP contribution in [-0.2, 0) is 6.18 Å². The molecule has 0 spiro atoms. The Morgan fingerprint density at radius 2 is 1.38 bits per heavy atom. The lowest BCUT2D eigenvalue weighted by Crippen LogP contribution is -2.44. The Labute approximate surface area is 225 Å². The van der Waals surface area contributed by atoms with E-state index in [1.165, 1.54) is 30.0 Å². The molecular weight excluding hydrogens is 510 g/mol. The first-order valence-corrected chi connectivity index (χ1v) is 13.3. The summed E-state index contributed by atoms with van der Waals surface area (Å²) in [7, 11) is 0. The van der Waals surface area contributed by atoms with E-state index in [1.54, 1.807) is 6.07 Å². The van der Waals surface area contributed by atoms with E-state index in [-0.39, 0.29) is 29.4 Å². The predicted molar refractivity (Wildman–Crippen MR) is 143 cm³/mol. The summed E-state index contributed by atoms with van der Waals surface area (Å²) in [6.07, 6.45) is -1.75. The number of alkyl halides is 3. The SMILES string of the molecule is O=C(NC1CCN(c2ccccc2)CC1)c1ccc(OC2CCN(c3ccc(C(F)(F)F)cc3)CC2)c(F)c1. The molecule has 206 valence electrons. The van der Waals surface area contributed by atoms with Crippen LogP contribution in [-0.4, -0.2) is 44.2 Å². The number of piperidine rings is 2. The Morgan fingerprint density at radius 3 is 1.97 bits per heavy atom. The van der Waals surface area contributed by atoms with E-state index in [2.05, 4.69) is 22.3 Å². The Hall–Kier alpha value is -3.75. The number of para-hydroxylation sites is 1. The van der Waals surface area contributed by atoms with Crippen molar-refractivity contribution >= 4 is 17.3 Å². The van der Waals surface area contributed by atoms with Gasteiger partial charge in [0.05, 0.1) is 5.56 Å². The molecule has 0 radical (unpaired) electrons. The predicted octanol–water partition coefficient (Wildman–Crippen LogP) is 6.29. The van der Waals surface area contributed by atoms with Crippen LogP contribution in [0.4, 0.5) is 28.9 Å². The van der Waals surface area contributed by atoms with Crippen molar-refractivity contribution in [2.45, 2.75) is 44.0 Å². The fraction of sp³-hybridized carbons (Fsp3) is 0.367. The molecule has 2 aliphatic rings. The molecular formula is C30H31F4N3O2. The standard InChI is InChI=1S/C30H31F4N3O2/c31-27-20-21(29(38)35-23-12-16-36(17-13-23)24-4-2-1-3-5-24)6-11-28(27)39-26-14-18-37(19-15-26)25-9-7-22(8-10-25)30(32,33)34/h1-11,20,23,26H,12-19H2,(H,35,38).